The van der Waals surface area contributed by atoms with Crippen LogP contribution in [0.2, 0.25) is 0 Å². The smallest absolute Gasteiger partial charge is 0.427 e. The van der Waals surface area contributed by atoms with Crippen molar-refractivity contribution in [1.29, 1.82) is 0 Å². The second-order valence-electron chi connectivity index (χ2n) is 9.85. The summed E-state index contributed by atoms with van der Waals surface area (Å²) in [4.78, 5) is 22.8. The van der Waals surface area contributed by atoms with Crippen LogP contribution < -0.4 is 20.9 Å². The van der Waals surface area contributed by atoms with E-state index in [0.717, 1.165) is 0 Å². The van der Waals surface area contributed by atoms with Gasteiger partial charge in [0.25, 0.3) is 11.6 Å². The van der Waals surface area contributed by atoms with Gasteiger partial charge in [-0.2, -0.15) is 96.6 Å². The highest BCUT2D eigenvalue weighted by Gasteiger charge is 2.84. The molecule has 0 fully saturated rings. The number of alkyl halides is 22. The first kappa shape index (κ1) is 43.6. The lowest BCUT2D eigenvalue weighted by atomic mass is 9.99. The Labute approximate surface area is 270 Å². The van der Waals surface area contributed by atoms with Crippen LogP contribution >= 0.6 is 0 Å². The van der Waals surface area contributed by atoms with Crippen molar-refractivity contribution in [3.05, 3.63) is 36.4 Å². The molecular weight excluding hydrogens is 798 g/mol. The number of benzene rings is 2. The molecule has 0 heterocycles. The molecule has 0 aliphatic rings. The lowest BCUT2D eigenvalue weighted by molar-refractivity contribution is -0.356. The molecule has 28 heteroatoms. The fraction of sp³-hybridized carbons (Fsp3) is 0.417. The Morgan fingerprint density at radius 3 is 0.904 bits per heavy atom. The lowest BCUT2D eigenvalue weighted by Crippen LogP contribution is -2.64. The Balaban J connectivity index is 2.72. The number of halogens is 22. The predicted molar refractivity (Wildman–Crippen MR) is 124 cm³/mol. The van der Waals surface area contributed by atoms with Crippen molar-refractivity contribution < 1.29 is 116 Å². The van der Waals surface area contributed by atoms with Crippen molar-refractivity contribution in [3.8, 4) is 22.6 Å². The second-order valence-corrected chi connectivity index (χ2v) is 9.85. The van der Waals surface area contributed by atoms with Crippen LogP contribution in [0, 0.1) is 0 Å². The summed E-state index contributed by atoms with van der Waals surface area (Å²) in [5.41, 5.74) is 5.24. The number of nitrogen functional groups attached to an aromatic ring is 2. The molecule has 0 amide bonds. The maximum atomic E-state index is 14.5. The molecule has 0 saturated carbocycles. The number of anilines is 2. The minimum atomic E-state index is -7.74. The summed E-state index contributed by atoms with van der Waals surface area (Å²) in [6.45, 7) is 0. The van der Waals surface area contributed by atoms with Gasteiger partial charge in [-0.25, -0.2) is 0 Å². The third-order valence-electron chi connectivity index (χ3n) is 6.15. The van der Waals surface area contributed by atoms with Crippen molar-refractivity contribution in [2.24, 2.45) is 0 Å². The van der Waals surface area contributed by atoms with Crippen LogP contribution in [-0.4, -0.2) is 71.7 Å². The van der Waals surface area contributed by atoms with Gasteiger partial charge in [0.2, 0.25) is 0 Å². The van der Waals surface area contributed by atoms with E-state index in [2.05, 4.69) is 9.47 Å². The average molecular weight is 808 g/mol. The highest BCUT2D eigenvalue weighted by molar-refractivity contribution is 5.94. The molecule has 0 aliphatic heterocycles. The van der Waals surface area contributed by atoms with Crippen LogP contribution in [0.25, 0.3) is 11.1 Å². The molecule has 52 heavy (non-hydrogen) atoms. The summed E-state index contributed by atoms with van der Waals surface area (Å²) in [6, 6.07) is 0.844. The minimum Gasteiger partial charge on any atom is -0.427 e. The first-order chi connectivity index (χ1) is 22.8. The van der Waals surface area contributed by atoms with E-state index in [1.165, 1.54) is 0 Å². The molecule has 4 N–H and O–H groups in total. The summed E-state index contributed by atoms with van der Waals surface area (Å²) in [5.74, 6) is -60.2. The van der Waals surface area contributed by atoms with Gasteiger partial charge in [-0.15, -0.1) is 0 Å². The van der Waals surface area contributed by atoms with Crippen molar-refractivity contribution in [3.63, 3.8) is 0 Å². The predicted octanol–water partition coefficient (Wildman–Crippen LogP) is 8.54. The maximum absolute atomic E-state index is 14.5. The number of hydrogen-bond acceptors (Lipinski definition) is 6. The van der Waals surface area contributed by atoms with Gasteiger partial charge >= 0.3 is 60.1 Å². The molecule has 0 radical (unpaired) electrons. The largest absolute Gasteiger partial charge is 0.472 e. The molecule has 0 saturated heterocycles. The zero-order chi connectivity index (χ0) is 41.3. The van der Waals surface area contributed by atoms with Crippen LogP contribution in [0.15, 0.2) is 36.4 Å². The number of carbonyl (C=O) groups excluding carboxylic acids is 2. The number of hydrogen-bond donors (Lipinski definition) is 2. The van der Waals surface area contributed by atoms with Crippen LogP contribution in [0.4, 0.5) is 108 Å². The summed E-state index contributed by atoms with van der Waals surface area (Å²) >= 11 is 0. The van der Waals surface area contributed by atoms with Gasteiger partial charge in [0.1, 0.15) is 11.5 Å². The summed E-state index contributed by atoms with van der Waals surface area (Å²) in [6.07, 6.45) is -29.0. The third-order valence-corrected chi connectivity index (χ3v) is 6.15. The third kappa shape index (κ3) is 6.97. The number of Topliss-reactive ketones (excluding diaryl/α,β-unsaturated/α-hetero) is 2. The van der Waals surface area contributed by atoms with E-state index in [9.17, 15) is 106 Å². The van der Waals surface area contributed by atoms with Gasteiger partial charge in [-0.05, 0) is 24.3 Å². The molecule has 294 valence electrons. The summed E-state index contributed by atoms with van der Waals surface area (Å²) < 4.78 is 303. The van der Waals surface area contributed by atoms with E-state index in [1.807, 2.05) is 0 Å². The topological polar surface area (TPSA) is 105 Å². The van der Waals surface area contributed by atoms with E-state index >= 15 is 0 Å². The van der Waals surface area contributed by atoms with Gasteiger partial charge in [0.05, 0.1) is 0 Å². The Morgan fingerprint density at radius 2 is 0.673 bits per heavy atom. The van der Waals surface area contributed by atoms with Crippen molar-refractivity contribution in [1.82, 2.24) is 0 Å². The molecule has 0 aromatic heterocycles. The number of ether oxygens (including phenoxy) is 2. The molecule has 0 unspecified atom stereocenters. The molecule has 0 bridgehead atoms. The van der Waals surface area contributed by atoms with Crippen LogP contribution in [0.1, 0.15) is 0 Å². The second kappa shape index (κ2) is 12.5. The van der Waals surface area contributed by atoms with Crippen molar-refractivity contribution in [2.45, 2.75) is 60.1 Å². The minimum absolute atomic E-state index is 0.144. The molecule has 0 spiro atoms. The molecule has 2 aromatic rings. The molecule has 0 atom stereocenters. The molecule has 2 aromatic carbocycles. The molecule has 0 aliphatic carbocycles. The van der Waals surface area contributed by atoms with Crippen molar-refractivity contribution >= 4 is 22.9 Å². The zero-order valence-electron chi connectivity index (χ0n) is 23.6. The van der Waals surface area contributed by atoms with Gasteiger partial charge < -0.3 is 20.9 Å². The van der Waals surface area contributed by atoms with Gasteiger partial charge in [-0.3, -0.25) is 9.59 Å². The average Bonchev–Trinajstić information content (AvgIpc) is 2.94. The fourth-order valence-corrected chi connectivity index (χ4v) is 3.40. The summed E-state index contributed by atoms with van der Waals surface area (Å²) in [5, 5.41) is 0. The van der Waals surface area contributed by atoms with Crippen molar-refractivity contribution in [2.75, 3.05) is 11.5 Å². The normalized spacial score (nSPS) is 14.7. The number of nitrogens with two attached hydrogens (primary N) is 2. The van der Waals surface area contributed by atoms with Crippen LogP contribution in [0.5, 0.6) is 11.5 Å². The Kier molecular flexibility index (Phi) is 10.5. The highest BCUT2D eigenvalue weighted by Crippen LogP contribution is 2.54. The molecule has 6 nitrogen and oxygen atoms in total. The van der Waals surface area contributed by atoms with Gasteiger partial charge in [0, 0.05) is 34.6 Å². The van der Waals surface area contributed by atoms with E-state index in [0.29, 0.717) is 12.1 Å². The van der Waals surface area contributed by atoms with E-state index in [4.69, 9.17) is 11.5 Å². The lowest BCUT2D eigenvalue weighted by Gasteiger charge is -2.32. The Morgan fingerprint density at radius 1 is 0.423 bits per heavy atom. The first-order valence-electron chi connectivity index (χ1n) is 12.2. The number of carbonyl (C=O) groups is 2. The number of rotatable bonds is 13. The van der Waals surface area contributed by atoms with Crippen LogP contribution in [-0.2, 0) is 9.59 Å². The van der Waals surface area contributed by atoms with Gasteiger partial charge in [0.15, 0.2) is 0 Å². The zero-order valence-corrected chi connectivity index (χ0v) is 23.6. The molecule has 2 rings (SSSR count). The number of ketones is 2. The van der Waals surface area contributed by atoms with E-state index in [-0.39, 0.29) is 24.3 Å². The monoisotopic (exact) mass is 808 g/mol. The summed E-state index contributed by atoms with van der Waals surface area (Å²) in [7, 11) is 0. The molecular formula is C24H10F22N2O4. The quantitative estimate of drug-likeness (QED) is 0.155. The van der Waals surface area contributed by atoms with Crippen LogP contribution in [0.3, 0.4) is 0 Å². The fourth-order valence-electron chi connectivity index (χ4n) is 3.40. The Hall–Kier alpha value is -4.56. The van der Waals surface area contributed by atoms with Gasteiger partial charge in [-0.1, -0.05) is 0 Å². The van der Waals surface area contributed by atoms with E-state index < -0.39 is 106 Å². The highest BCUT2D eigenvalue weighted by atomic mass is 19.4. The SMILES string of the molecule is Nc1ccc(-c2ccc(N)cc2OC(F)(F)C(F)(F)C(=O)C(F)(F)C(F)(F)C(F)(F)F)c(OC(F)(F)C(F)(F)C(=O)C(F)(F)C(F)(F)C(F)(F)F)c1. The first-order valence-corrected chi connectivity index (χ1v) is 12.2. The maximum Gasteiger partial charge on any atom is 0.472 e. The Bertz CT molecular complexity index is 1580. The standard InChI is InChI=1S/C24H10F22N2O4/c25-15(26,19(33,34)21(37,38)39)13(49)17(29,30)23(43,44)51-11-5-7(47)1-3-9(11)10-4-2-8(48)6-12(10)52-24(45,46)18(31,32)14(50)16(27,28)20(35,36)22(40,41)42/h1-6H,47-48H2. The van der Waals surface area contributed by atoms with E-state index in [1.54, 1.807) is 0 Å².